The molecule has 1 aliphatic heterocycles. The molecule has 32 heavy (non-hydrogen) atoms. The molecular formula is C21H19ClF3NO6. The lowest BCUT2D eigenvalue weighted by atomic mass is 9.77. The van der Waals surface area contributed by atoms with E-state index in [1.165, 1.54) is 25.2 Å². The summed E-state index contributed by atoms with van der Waals surface area (Å²) in [6.07, 6.45) is -5.14. The van der Waals surface area contributed by atoms with Crippen LogP contribution in [0.4, 0.5) is 18.9 Å². The number of hydrogen-bond donors (Lipinski definition) is 2. The van der Waals surface area contributed by atoms with E-state index in [0.717, 1.165) is 30.0 Å². The largest absolute Gasteiger partial charge is 0.482 e. The van der Waals surface area contributed by atoms with Gasteiger partial charge in [0.2, 0.25) is 0 Å². The van der Waals surface area contributed by atoms with Crippen LogP contribution in [-0.2, 0) is 15.2 Å². The number of carboxylic acid groups (broad SMARTS) is 1. The van der Waals surface area contributed by atoms with Crippen LogP contribution in [0.1, 0.15) is 24.0 Å². The standard InChI is InChI=1S/C21H19ClF3NO6/c1-11(14-8-13(4-5-15(14)22)31-10-19(28)29)20(30,21(23,24)25)12-3-6-17-16(7-12)26(2)18(27)9-32-17/h3-8,11,30H,9-10H2,1-2H3,(H,28,29). The third-order valence-corrected chi connectivity index (χ3v) is 5.68. The van der Waals surface area contributed by atoms with Gasteiger partial charge in [-0.05, 0) is 41.5 Å². The first-order chi connectivity index (χ1) is 14.9. The van der Waals surface area contributed by atoms with Crippen molar-refractivity contribution in [3.05, 3.63) is 52.5 Å². The van der Waals surface area contributed by atoms with Gasteiger partial charge in [-0.15, -0.1) is 0 Å². The van der Waals surface area contributed by atoms with Crippen LogP contribution in [0.2, 0.25) is 5.02 Å². The average molecular weight is 474 g/mol. The molecule has 1 aliphatic rings. The number of aliphatic carboxylic acids is 1. The number of aliphatic hydroxyl groups is 1. The van der Waals surface area contributed by atoms with Gasteiger partial charge in [0.05, 0.1) is 5.69 Å². The third kappa shape index (κ3) is 4.20. The second kappa shape index (κ2) is 8.51. The van der Waals surface area contributed by atoms with Crippen molar-refractivity contribution in [1.82, 2.24) is 0 Å². The molecule has 0 fully saturated rings. The summed E-state index contributed by atoms with van der Waals surface area (Å²) in [7, 11) is 1.39. The number of halogens is 4. The molecule has 2 aromatic carbocycles. The number of nitrogens with zero attached hydrogens (tertiary/aromatic N) is 1. The van der Waals surface area contributed by atoms with Crippen LogP contribution in [-0.4, -0.2) is 48.5 Å². The number of likely N-dealkylation sites (N-methyl/N-ethyl adjacent to an activating group) is 1. The van der Waals surface area contributed by atoms with E-state index in [4.69, 9.17) is 26.2 Å². The Kier molecular flexibility index (Phi) is 6.30. The Morgan fingerprint density at radius 1 is 1.28 bits per heavy atom. The summed E-state index contributed by atoms with van der Waals surface area (Å²) < 4.78 is 53.2. The van der Waals surface area contributed by atoms with Gasteiger partial charge in [0.15, 0.2) is 18.8 Å². The number of hydrogen-bond acceptors (Lipinski definition) is 5. The number of carboxylic acids is 1. The van der Waals surface area contributed by atoms with E-state index in [0.29, 0.717) is 0 Å². The molecule has 2 atom stereocenters. The number of amides is 1. The summed E-state index contributed by atoms with van der Waals surface area (Å²) in [6.45, 7) is 0.187. The molecule has 0 aromatic heterocycles. The van der Waals surface area contributed by atoms with Gasteiger partial charge in [-0.3, -0.25) is 4.79 Å². The predicted molar refractivity (Wildman–Crippen MR) is 108 cm³/mol. The number of anilines is 1. The fourth-order valence-electron chi connectivity index (χ4n) is 3.48. The Morgan fingerprint density at radius 3 is 2.59 bits per heavy atom. The molecule has 0 saturated heterocycles. The molecule has 0 aliphatic carbocycles. The van der Waals surface area contributed by atoms with Crippen molar-refractivity contribution >= 4 is 29.2 Å². The van der Waals surface area contributed by atoms with E-state index >= 15 is 0 Å². The number of benzene rings is 2. The van der Waals surface area contributed by atoms with Crippen LogP contribution in [0.25, 0.3) is 0 Å². The highest BCUT2D eigenvalue weighted by Gasteiger charge is 2.59. The van der Waals surface area contributed by atoms with E-state index in [9.17, 15) is 27.9 Å². The molecule has 0 saturated carbocycles. The number of fused-ring (bicyclic) bond motifs is 1. The monoisotopic (exact) mass is 473 g/mol. The van der Waals surface area contributed by atoms with Crippen molar-refractivity contribution in [1.29, 1.82) is 0 Å². The van der Waals surface area contributed by atoms with Crippen LogP contribution >= 0.6 is 11.6 Å². The maximum atomic E-state index is 14.3. The molecule has 172 valence electrons. The smallest absolute Gasteiger partial charge is 0.422 e. The van der Waals surface area contributed by atoms with Crippen LogP contribution in [0.5, 0.6) is 11.5 Å². The maximum Gasteiger partial charge on any atom is 0.422 e. The zero-order valence-electron chi connectivity index (χ0n) is 16.9. The molecule has 11 heteroatoms. The van der Waals surface area contributed by atoms with E-state index in [2.05, 4.69) is 0 Å². The normalized spacial score (nSPS) is 16.6. The van der Waals surface area contributed by atoms with Gasteiger partial charge >= 0.3 is 12.1 Å². The highest BCUT2D eigenvalue weighted by molar-refractivity contribution is 6.31. The summed E-state index contributed by atoms with van der Waals surface area (Å²) in [5, 5.41) is 19.7. The van der Waals surface area contributed by atoms with Gasteiger partial charge < -0.3 is 24.6 Å². The average Bonchev–Trinajstić information content (AvgIpc) is 2.73. The van der Waals surface area contributed by atoms with Gasteiger partial charge in [0, 0.05) is 18.0 Å². The highest BCUT2D eigenvalue weighted by atomic mass is 35.5. The lowest BCUT2D eigenvalue weighted by molar-refractivity contribution is -0.274. The Hall–Kier alpha value is -2.98. The summed E-state index contributed by atoms with van der Waals surface area (Å²) >= 11 is 6.13. The molecule has 3 rings (SSSR count). The zero-order valence-corrected chi connectivity index (χ0v) is 17.7. The lowest BCUT2D eigenvalue weighted by Gasteiger charge is -2.38. The second-order valence-electron chi connectivity index (χ2n) is 7.28. The Bertz CT molecular complexity index is 1060. The molecule has 0 radical (unpaired) electrons. The van der Waals surface area contributed by atoms with Gasteiger partial charge in [-0.25, -0.2) is 4.79 Å². The van der Waals surface area contributed by atoms with Crippen LogP contribution < -0.4 is 14.4 Å². The van der Waals surface area contributed by atoms with Gasteiger partial charge in [0.1, 0.15) is 11.5 Å². The fraction of sp³-hybridized carbons (Fsp3) is 0.333. The van der Waals surface area contributed by atoms with E-state index in [-0.39, 0.29) is 34.4 Å². The highest BCUT2D eigenvalue weighted by Crippen LogP contribution is 2.51. The number of carbonyl (C=O) groups excluding carboxylic acids is 1. The zero-order chi connectivity index (χ0) is 23.8. The quantitative estimate of drug-likeness (QED) is 0.664. The SMILES string of the molecule is CC(c1cc(OCC(=O)O)ccc1Cl)C(O)(c1ccc2c(c1)N(C)C(=O)CO2)C(F)(F)F. The third-order valence-electron chi connectivity index (χ3n) is 5.34. The molecule has 0 spiro atoms. The molecular weight excluding hydrogens is 455 g/mol. The molecule has 2 aromatic rings. The van der Waals surface area contributed by atoms with Gasteiger partial charge in [-0.2, -0.15) is 13.2 Å². The summed E-state index contributed by atoms with van der Waals surface area (Å²) in [4.78, 5) is 23.8. The summed E-state index contributed by atoms with van der Waals surface area (Å²) in [5.41, 5.74) is -3.95. The minimum Gasteiger partial charge on any atom is -0.482 e. The van der Waals surface area contributed by atoms with Crippen molar-refractivity contribution in [2.45, 2.75) is 24.6 Å². The van der Waals surface area contributed by atoms with Gasteiger partial charge in [0.25, 0.3) is 5.91 Å². The number of alkyl halides is 3. The van der Waals surface area contributed by atoms with Crippen LogP contribution in [0.15, 0.2) is 36.4 Å². The Morgan fingerprint density at radius 2 is 1.97 bits per heavy atom. The Balaban J connectivity index is 2.10. The van der Waals surface area contributed by atoms with E-state index < -0.39 is 41.7 Å². The maximum absolute atomic E-state index is 14.3. The molecule has 1 amide bonds. The van der Waals surface area contributed by atoms with Gasteiger partial charge in [-0.1, -0.05) is 24.6 Å². The van der Waals surface area contributed by atoms with Crippen molar-refractivity contribution in [2.75, 3.05) is 25.2 Å². The molecule has 0 bridgehead atoms. The van der Waals surface area contributed by atoms with Crippen molar-refractivity contribution < 1.29 is 42.4 Å². The minimum atomic E-state index is -5.14. The molecule has 2 unspecified atom stereocenters. The van der Waals surface area contributed by atoms with Crippen LogP contribution in [0.3, 0.4) is 0 Å². The first-order valence-electron chi connectivity index (χ1n) is 9.33. The Labute approximate surface area is 185 Å². The summed E-state index contributed by atoms with van der Waals surface area (Å²) in [6, 6.07) is 7.11. The van der Waals surface area contributed by atoms with E-state index in [1.807, 2.05) is 0 Å². The second-order valence-corrected chi connectivity index (χ2v) is 7.68. The fourth-order valence-corrected chi connectivity index (χ4v) is 3.76. The first kappa shape index (κ1) is 23.7. The molecule has 2 N–H and O–H groups in total. The van der Waals surface area contributed by atoms with Crippen LogP contribution in [0, 0.1) is 0 Å². The number of carbonyl (C=O) groups is 2. The topological polar surface area (TPSA) is 96.3 Å². The van der Waals surface area contributed by atoms with Crippen molar-refractivity contribution in [2.24, 2.45) is 0 Å². The van der Waals surface area contributed by atoms with E-state index in [1.54, 1.807) is 0 Å². The number of ether oxygens (including phenoxy) is 2. The summed E-state index contributed by atoms with van der Waals surface area (Å²) in [5.74, 6) is -3.17. The lowest BCUT2D eigenvalue weighted by Crippen LogP contribution is -2.47. The van der Waals surface area contributed by atoms with Crippen molar-refractivity contribution in [3.63, 3.8) is 0 Å². The first-order valence-corrected chi connectivity index (χ1v) is 9.71. The predicted octanol–water partition coefficient (Wildman–Crippen LogP) is 3.71. The number of rotatable bonds is 6. The molecule has 1 heterocycles. The minimum absolute atomic E-state index is 0.0210. The molecule has 7 nitrogen and oxygen atoms in total. The van der Waals surface area contributed by atoms with Crippen molar-refractivity contribution in [3.8, 4) is 11.5 Å².